The van der Waals surface area contributed by atoms with E-state index < -0.39 is 12.0 Å². The molecule has 0 bridgehead atoms. The minimum Gasteiger partial charge on any atom is -0.481 e. The number of carbonyl (C=O) groups excluding carboxylic acids is 2. The molecule has 4 N–H and O–H groups in total. The van der Waals surface area contributed by atoms with Gasteiger partial charge in [-0.2, -0.15) is 0 Å². The van der Waals surface area contributed by atoms with Crippen molar-refractivity contribution >= 4 is 17.9 Å². The Morgan fingerprint density at radius 1 is 1.20 bits per heavy atom. The van der Waals surface area contributed by atoms with Gasteiger partial charge in [0, 0.05) is 12.6 Å². The number of amides is 3. The van der Waals surface area contributed by atoms with Crippen molar-refractivity contribution in [1.82, 2.24) is 16.0 Å². The molecular weight excluding hydrogens is 262 g/mol. The zero-order valence-electron chi connectivity index (χ0n) is 11.9. The van der Waals surface area contributed by atoms with E-state index in [1.807, 2.05) is 13.8 Å². The van der Waals surface area contributed by atoms with E-state index in [1.54, 1.807) is 0 Å². The molecule has 0 spiro atoms. The summed E-state index contributed by atoms with van der Waals surface area (Å²) < 4.78 is 0. The van der Waals surface area contributed by atoms with Crippen LogP contribution in [0.25, 0.3) is 0 Å². The second kappa shape index (κ2) is 7.72. The molecule has 7 heteroatoms. The lowest BCUT2D eigenvalue weighted by Gasteiger charge is -2.16. The molecule has 0 saturated heterocycles. The molecule has 0 aliphatic heterocycles. The largest absolute Gasteiger partial charge is 0.481 e. The van der Waals surface area contributed by atoms with E-state index >= 15 is 0 Å². The summed E-state index contributed by atoms with van der Waals surface area (Å²) in [5.41, 5.74) is 0. The fraction of sp³-hybridized carbons (Fsp3) is 0.769. The Hall–Kier alpha value is -1.79. The van der Waals surface area contributed by atoms with E-state index in [2.05, 4.69) is 16.0 Å². The molecule has 3 amide bonds. The summed E-state index contributed by atoms with van der Waals surface area (Å²) in [7, 11) is 0. The van der Waals surface area contributed by atoms with Crippen LogP contribution in [-0.4, -0.2) is 42.1 Å². The number of nitrogens with one attached hydrogen (secondary N) is 3. The zero-order valence-corrected chi connectivity index (χ0v) is 11.9. The molecule has 1 aliphatic carbocycles. The van der Waals surface area contributed by atoms with Gasteiger partial charge < -0.3 is 21.1 Å². The van der Waals surface area contributed by atoms with Crippen molar-refractivity contribution in [1.29, 1.82) is 0 Å². The van der Waals surface area contributed by atoms with Crippen molar-refractivity contribution in [2.24, 2.45) is 11.8 Å². The Morgan fingerprint density at radius 3 is 2.50 bits per heavy atom. The lowest BCUT2D eigenvalue weighted by molar-refractivity contribution is -0.142. The van der Waals surface area contributed by atoms with Gasteiger partial charge in [0.1, 0.15) is 0 Å². The Kier molecular flexibility index (Phi) is 6.27. The highest BCUT2D eigenvalue weighted by Crippen LogP contribution is 2.31. The van der Waals surface area contributed by atoms with Crippen LogP contribution in [0.15, 0.2) is 0 Å². The maximum absolute atomic E-state index is 11.5. The number of carbonyl (C=O) groups is 3. The van der Waals surface area contributed by atoms with Gasteiger partial charge in [-0.3, -0.25) is 9.59 Å². The number of rotatable bonds is 6. The van der Waals surface area contributed by atoms with Gasteiger partial charge in [0.2, 0.25) is 5.91 Å². The topological polar surface area (TPSA) is 108 Å². The van der Waals surface area contributed by atoms with Crippen LogP contribution in [0.4, 0.5) is 4.79 Å². The molecule has 0 heterocycles. The molecule has 0 aromatic rings. The zero-order chi connectivity index (χ0) is 15.1. The standard InChI is InChI=1S/C13H23N3O4/c1-8(2)16-11(17)7-15-13(20)14-6-9-4-3-5-10(9)12(18)19/h8-10H,3-7H2,1-2H3,(H,16,17)(H,18,19)(H2,14,15,20). The number of carboxylic acid groups (broad SMARTS) is 1. The van der Waals surface area contributed by atoms with Gasteiger partial charge in [-0.05, 0) is 32.6 Å². The van der Waals surface area contributed by atoms with Crippen LogP contribution in [0.5, 0.6) is 0 Å². The number of carboxylic acids is 1. The van der Waals surface area contributed by atoms with Crippen molar-refractivity contribution in [3.63, 3.8) is 0 Å². The van der Waals surface area contributed by atoms with Gasteiger partial charge >= 0.3 is 12.0 Å². The van der Waals surface area contributed by atoms with E-state index in [-0.39, 0.29) is 30.3 Å². The third-order valence-corrected chi connectivity index (χ3v) is 3.36. The average molecular weight is 285 g/mol. The van der Waals surface area contributed by atoms with Gasteiger partial charge in [0.25, 0.3) is 0 Å². The van der Waals surface area contributed by atoms with E-state index in [4.69, 9.17) is 5.11 Å². The summed E-state index contributed by atoms with van der Waals surface area (Å²) in [6, 6.07) is -0.415. The van der Waals surface area contributed by atoms with Crippen LogP contribution in [0, 0.1) is 11.8 Å². The van der Waals surface area contributed by atoms with Gasteiger partial charge in [-0.1, -0.05) is 6.42 Å². The quantitative estimate of drug-likeness (QED) is 0.563. The van der Waals surface area contributed by atoms with Crippen molar-refractivity contribution in [3.05, 3.63) is 0 Å². The van der Waals surface area contributed by atoms with Gasteiger partial charge in [0.05, 0.1) is 12.5 Å². The maximum Gasteiger partial charge on any atom is 0.315 e. The maximum atomic E-state index is 11.5. The number of hydrogen-bond acceptors (Lipinski definition) is 3. The number of urea groups is 1. The molecule has 2 unspecified atom stereocenters. The fourth-order valence-electron chi connectivity index (χ4n) is 2.43. The second-order valence-electron chi connectivity index (χ2n) is 5.42. The summed E-state index contributed by atoms with van der Waals surface area (Å²) in [6.07, 6.45) is 2.35. The third kappa shape index (κ3) is 5.46. The predicted octanol–water partition coefficient (Wildman–Crippen LogP) is 0.311. The minimum absolute atomic E-state index is 0.0252. The molecule has 20 heavy (non-hydrogen) atoms. The molecule has 0 radical (unpaired) electrons. The molecule has 2 atom stereocenters. The third-order valence-electron chi connectivity index (χ3n) is 3.36. The predicted molar refractivity (Wildman–Crippen MR) is 73.1 cm³/mol. The van der Waals surface area contributed by atoms with Crippen LogP contribution < -0.4 is 16.0 Å². The van der Waals surface area contributed by atoms with E-state index in [0.717, 1.165) is 12.8 Å². The van der Waals surface area contributed by atoms with Crippen molar-refractivity contribution < 1.29 is 19.5 Å². The number of aliphatic carboxylic acids is 1. The molecule has 1 saturated carbocycles. The highest BCUT2D eigenvalue weighted by atomic mass is 16.4. The monoisotopic (exact) mass is 285 g/mol. The Bertz CT molecular complexity index is 371. The van der Waals surface area contributed by atoms with Crippen LogP contribution in [0.2, 0.25) is 0 Å². The number of hydrogen-bond donors (Lipinski definition) is 4. The molecule has 1 fully saturated rings. The first kappa shape index (κ1) is 16.3. The molecular formula is C13H23N3O4. The average Bonchev–Trinajstić information content (AvgIpc) is 2.81. The summed E-state index contributed by atoms with van der Waals surface area (Å²) in [5.74, 6) is -1.45. The van der Waals surface area contributed by atoms with Gasteiger partial charge in [-0.25, -0.2) is 4.79 Å². The van der Waals surface area contributed by atoms with E-state index in [9.17, 15) is 14.4 Å². The van der Waals surface area contributed by atoms with Crippen LogP contribution in [0.3, 0.4) is 0 Å². The van der Waals surface area contributed by atoms with Crippen molar-refractivity contribution in [3.8, 4) is 0 Å². The van der Waals surface area contributed by atoms with E-state index in [0.29, 0.717) is 13.0 Å². The Balaban J connectivity index is 2.23. The summed E-state index contributed by atoms with van der Waals surface area (Å²) in [6.45, 7) is 3.92. The first-order chi connectivity index (χ1) is 9.40. The molecule has 114 valence electrons. The second-order valence-corrected chi connectivity index (χ2v) is 5.42. The molecule has 0 aromatic carbocycles. The van der Waals surface area contributed by atoms with E-state index in [1.165, 1.54) is 0 Å². The molecule has 0 aromatic heterocycles. The highest BCUT2D eigenvalue weighted by Gasteiger charge is 2.32. The normalized spacial score (nSPS) is 21.6. The SMILES string of the molecule is CC(C)NC(=O)CNC(=O)NCC1CCCC1C(=O)O. The first-order valence-electron chi connectivity index (χ1n) is 6.94. The van der Waals surface area contributed by atoms with Crippen molar-refractivity contribution in [2.75, 3.05) is 13.1 Å². The Labute approximate surface area is 118 Å². The molecule has 7 nitrogen and oxygen atoms in total. The van der Waals surface area contributed by atoms with Gasteiger partial charge in [0.15, 0.2) is 0 Å². The van der Waals surface area contributed by atoms with Crippen LogP contribution in [0.1, 0.15) is 33.1 Å². The Morgan fingerprint density at radius 2 is 1.90 bits per heavy atom. The summed E-state index contributed by atoms with van der Waals surface area (Å²) in [4.78, 5) is 33.8. The van der Waals surface area contributed by atoms with Crippen molar-refractivity contribution in [2.45, 2.75) is 39.2 Å². The highest BCUT2D eigenvalue weighted by molar-refractivity contribution is 5.84. The lowest BCUT2D eigenvalue weighted by atomic mass is 9.96. The summed E-state index contributed by atoms with van der Waals surface area (Å²) in [5, 5.41) is 16.8. The molecule has 1 aliphatic rings. The minimum atomic E-state index is -0.800. The van der Waals surface area contributed by atoms with Crippen LogP contribution in [-0.2, 0) is 9.59 Å². The summed E-state index contributed by atoms with van der Waals surface area (Å²) >= 11 is 0. The smallest absolute Gasteiger partial charge is 0.315 e. The first-order valence-corrected chi connectivity index (χ1v) is 6.94. The molecule has 1 rings (SSSR count). The fourth-order valence-corrected chi connectivity index (χ4v) is 2.43. The van der Waals surface area contributed by atoms with Gasteiger partial charge in [-0.15, -0.1) is 0 Å². The lowest BCUT2D eigenvalue weighted by Crippen LogP contribution is -2.45. The van der Waals surface area contributed by atoms with Crippen LogP contribution >= 0.6 is 0 Å².